The van der Waals surface area contributed by atoms with E-state index in [1.165, 1.54) is 0 Å². The molecule has 0 saturated heterocycles. The minimum Gasteiger partial charge on any atom is -0.356 e. The van der Waals surface area contributed by atoms with Gasteiger partial charge in [-0.1, -0.05) is 30.1 Å². The van der Waals surface area contributed by atoms with Crippen LogP contribution in [0.3, 0.4) is 0 Å². The number of aryl methyl sites for hydroxylation is 2. The molecular formula is C16H20N2O3S. The van der Waals surface area contributed by atoms with E-state index in [2.05, 4.69) is 9.88 Å². The van der Waals surface area contributed by atoms with E-state index in [1.54, 1.807) is 25.1 Å². The van der Waals surface area contributed by atoms with Crippen LogP contribution >= 0.6 is 0 Å². The Labute approximate surface area is 130 Å². The van der Waals surface area contributed by atoms with Gasteiger partial charge in [0.2, 0.25) is 10.0 Å². The van der Waals surface area contributed by atoms with E-state index in [-0.39, 0.29) is 6.04 Å². The van der Waals surface area contributed by atoms with Crippen LogP contribution in [0, 0.1) is 13.8 Å². The van der Waals surface area contributed by atoms with Gasteiger partial charge in [0.05, 0.1) is 10.6 Å². The maximum atomic E-state index is 12.6. The molecule has 0 unspecified atom stereocenters. The molecule has 1 aliphatic carbocycles. The zero-order valence-corrected chi connectivity index (χ0v) is 13.6. The molecule has 0 radical (unpaired) electrons. The first kappa shape index (κ1) is 15.2. The van der Waals surface area contributed by atoms with Crippen LogP contribution < -0.4 is 4.72 Å². The van der Waals surface area contributed by atoms with Crippen LogP contribution in [0.4, 0.5) is 0 Å². The van der Waals surface area contributed by atoms with Crippen molar-refractivity contribution in [1.29, 1.82) is 0 Å². The standard InChI is InChI=1S/C16H20N2O3S/c1-11-7-8-13(15-9-12(2)17-21-15)10-16(11)22(19,20)18-14-5-3-4-6-14/h7-10,14,18H,3-6H2,1-2H3. The van der Waals surface area contributed by atoms with E-state index in [0.29, 0.717) is 10.7 Å². The predicted octanol–water partition coefficient (Wildman–Crippen LogP) is 3.18. The first-order valence-electron chi connectivity index (χ1n) is 7.52. The second-order valence-corrected chi connectivity index (χ2v) is 7.60. The Balaban J connectivity index is 1.95. The summed E-state index contributed by atoms with van der Waals surface area (Å²) < 4.78 is 33.3. The molecule has 0 spiro atoms. The Morgan fingerprint density at radius 3 is 2.55 bits per heavy atom. The van der Waals surface area contributed by atoms with E-state index in [1.807, 2.05) is 13.0 Å². The minimum atomic E-state index is -3.51. The summed E-state index contributed by atoms with van der Waals surface area (Å²) in [6, 6.07) is 7.17. The number of hydrogen-bond acceptors (Lipinski definition) is 4. The van der Waals surface area contributed by atoms with Crippen molar-refractivity contribution in [3.63, 3.8) is 0 Å². The summed E-state index contributed by atoms with van der Waals surface area (Å²) in [6.07, 6.45) is 4.01. The highest BCUT2D eigenvalue weighted by molar-refractivity contribution is 7.89. The summed E-state index contributed by atoms with van der Waals surface area (Å²) in [5.74, 6) is 0.579. The molecule has 1 aromatic heterocycles. The summed E-state index contributed by atoms with van der Waals surface area (Å²) in [6.45, 7) is 3.64. The molecule has 118 valence electrons. The molecule has 1 N–H and O–H groups in total. The van der Waals surface area contributed by atoms with Crippen molar-refractivity contribution in [1.82, 2.24) is 9.88 Å². The summed E-state index contributed by atoms with van der Waals surface area (Å²) in [7, 11) is -3.51. The predicted molar refractivity (Wildman–Crippen MR) is 84.0 cm³/mol. The molecule has 3 rings (SSSR count). The summed E-state index contributed by atoms with van der Waals surface area (Å²) in [5.41, 5.74) is 2.22. The van der Waals surface area contributed by atoms with E-state index in [9.17, 15) is 8.42 Å². The molecule has 0 aliphatic heterocycles. The fourth-order valence-electron chi connectivity index (χ4n) is 2.87. The van der Waals surface area contributed by atoms with E-state index < -0.39 is 10.0 Å². The molecule has 1 aromatic carbocycles. The lowest BCUT2D eigenvalue weighted by molar-refractivity contribution is 0.427. The van der Waals surface area contributed by atoms with Gasteiger partial charge in [0.1, 0.15) is 0 Å². The lowest BCUT2D eigenvalue weighted by Crippen LogP contribution is -2.33. The number of rotatable bonds is 4. The van der Waals surface area contributed by atoms with Crippen molar-refractivity contribution < 1.29 is 12.9 Å². The van der Waals surface area contributed by atoms with Gasteiger partial charge in [-0.15, -0.1) is 0 Å². The van der Waals surface area contributed by atoms with Crippen molar-refractivity contribution in [3.8, 4) is 11.3 Å². The normalized spacial score (nSPS) is 16.3. The average Bonchev–Trinajstić information content (AvgIpc) is 3.10. The second kappa shape index (κ2) is 5.85. The third kappa shape index (κ3) is 3.08. The fourth-order valence-corrected chi connectivity index (χ4v) is 4.44. The van der Waals surface area contributed by atoms with Gasteiger partial charge in [0.15, 0.2) is 5.76 Å². The number of benzene rings is 1. The first-order chi connectivity index (χ1) is 10.5. The van der Waals surface area contributed by atoms with Crippen LogP contribution in [0.15, 0.2) is 33.7 Å². The number of nitrogens with one attached hydrogen (secondary N) is 1. The van der Waals surface area contributed by atoms with Gasteiger partial charge in [0, 0.05) is 17.7 Å². The molecule has 0 amide bonds. The van der Waals surface area contributed by atoms with Crippen LogP contribution in [0.5, 0.6) is 0 Å². The average molecular weight is 320 g/mol. The van der Waals surface area contributed by atoms with Crippen molar-refractivity contribution >= 4 is 10.0 Å². The Morgan fingerprint density at radius 1 is 1.18 bits per heavy atom. The van der Waals surface area contributed by atoms with Crippen molar-refractivity contribution in [2.75, 3.05) is 0 Å². The Bertz CT molecular complexity index is 774. The zero-order valence-electron chi connectivity index (χ0n) is 12.8. The third-order valence-electron chi connectivity index (χ3n) is 4.07. The molecule has 6 heteroatoms. The highest BCUT2D eigenvalue weighted by atomic mass is 32.2. The maximum absolute atomic E-state index is 12.6. The first-order valence-corrected chi connectivity index (χ1v) is 9.01. The van der Waals surface area contributed by atoms with E-state index >= 15 is 0 Å². The maximum Gasteiger partial charge on any atom is 0.241 e. The topological polar surface area (TPSA) is 72.2 Å². The zero-order chi connectivity index (χ0) is 15.7. The van der Waals surface area contributed by atoms with Gasteiger partial charge in [-0.25, -0.2) is 13.1 Å². The summed E-state index contributed by atoms with van der Waals surface area (Å²) in [5, 5.41) is 3.85. The van der Waals surface area contributed by atoms with E-state index in [0.717, 1.165) is 42.5 Å². The molecule has 0 atom stereocenters. The molecule has 1 fully saturated rings. The SMILES string of the molecule is Cc1cc(-c2ccc(C)c(S(=O)(=O)NC3CCCC3)c2)on1. The number of aromatic nitrogens is 1. The lowest BCUT2D eigenvalue weighted by Gasteiger charge is -2.14. The van der Waals surface area contributed by atoms with Gasteiger partial charge < -0.3 is 4.52 Å². The van der Waals surface area contributed by atoms with Gasteiger partial charge in [0.25, 0.3) is 0 Å². The molecule has 1 saturated carbocycles. The number of hydrogen-bond donors (Lipinski definition) is 1. The highest BCUT2D eigenvalue weighted by Gasteiger charge is 2.24. The van der Waals surface area contributed by atoms with E-state index in [4.69, 9.17) is 4.52 Å². The van der Waals surface area contributed by atoms with Crippen LogP contribution in [0.2, 0.25) is 0 Å². The molecule has 2 aromatic rings. The molecule has 5 nitrogen and oxygen atoms in total. The molecular weight excluding hydrogens is 300 g/mol. The van der Waals surface area contributed by atoms with Crippen LogP contribution in [0.1, 0.15) is 36.9 Å². The van der Waals surface area contributed by atoms with Gasteiger partial charge in [-0.3, -0.25) is 0 Å². The fraction of sp³-hybridized carbons (Fsp3) is 0.438. The largest absolute Gasteiger partial charge is 0.356 e. The Kier molecular flexibility index (Phi) is 4.06. The van der Waals surface area contributed by atoms with Crippen LogP contribution in [0.25, 0.3) is 11.3 Å². The number of sulfonamides is 1. The third-order valence-corrected chi connectivity index (χ3v) is 5.73. The molecule has 0 bridgehead atoms. The highest BCUT2D eigenvalue weighted by Crippen LogP contribution is 2.27. The molecule has 1 heterocycles. The molecule has 1 aliphatic rings. The number of nitrogens with zero attached hydrogens (tertiary/aromatic N) is 1. The minimum absolute atomic E-state index is 0.0561. The van der Waals surface area contributed by atoms with Gasteiger partial charge in [-0.05, 0) is 38.3 Å². The monoisotopic (exact) mass is 320 g/mol. The summed E-state index contributed by atoms with van der Waals surface area (Å²) in [4.78, 5) is 0.311. The molecule has 22 heavy (non-hydrogen) atoms. The Hall–Kier alpha value is -1.66. The van der Waals surface area contributed by atoms with Crippen LogP contribution in [-0.4, -0.2) is 19.6 Å². The van der Waals surface area contributed by atoms with Gasteiger partial charge >= 0.3 is 0 Å². The quantitative estimate of drug-likeness (QED) is 0.939. The van der Waals surface area contributed by atoms with Crippen molar-refractivity contribution in [3.05, 3.63) is 35.5 Å². The van der Waals surface area contributed by atoms with Crippen molar-refractivity contribution in [2.24, 2.45) is 0 Å². The van der Waals surface area contributed by atoms with Crippen molar-refractivity contribution in [2.45, 2.75) is 50.5 Å². The smallest absolute Gasteiger partial charge is 0.241 e. The van der Waals surface area contributed by atoms with Gasteiger partial charge in [-0.2, -0.15) is 0 Å². The lowest BCUT2D eigenvalue weighted by atomic mass is 10.1. The van der Waals surface area contributed by atoms with Crippen LogP contribution in [-0.2, 0) is 10.0 Å². The Morgan fingerprint density at radius 2 is 1.91 bits per heavy atom. The summed E-state index contributed by atoms with van der Waals surface area (Å²) >= 11 is 0. The second-order valence-electron chi connectivity index (χ2n) is 5.92.